The number of carbonyl (C=O) groups is 1. The third-order valence-electron chi connectivity index (χ3n) is 6.52. The summed E-state index contributed by atoms with van der Waals surface area (Å²) in [6.07, 6.45) is 1.97. The van der Waals surface area contributed by atoms with Gasteiger partial charge in [0.25, 0.3) is 0 Å². The Bertz CT molecular complexity index is 1310. The third-order valence-corrected chi connectivity index (χ3v) is 6.52. The summed E-state index contributed by atoms with van der Waals surface area (Å²) in [6, 6.07) is 19.8. The number of rotatable bonds is 7. The molecule has 0 amide bonds. The Morgan fingerprint density at radius 3 is 2.24 bits per heavy atom. The van der Waals surface area contributed by atoms with Crippen LogP contribution in [0.5, 0.6) is 11.5 Å². The molecule has 0 saturated carbocycles. The van der Waals surface area contributed by atoms with Crippen LogP contribution in [0, 0.1) is 0 Å². The Morgan fingerprint density at radius 1 is 0.848 bits per heavy atom. The topological polar surface area (TPSA) is 49.8 Å². The van der Waals surface area contributed by atoms with Crippen LogP contribution < -0.4 is 20.1 Å². The number of carboxylic acid groups (broad SMARTS) is 1. The van der Waals surface area contributed by atoms with Gasteiger partial charge < -0.3 is 14.7 Å². The molecule has 3 aromatic carbocycles. The van der Waals surface area contributed by atoms with Crippen molar-refractivity contribution in [3.63, 3.8) is 0 Å². The molecule has 0 atom stereocenters. The molecule has 4 nitrogen and oxygen atoms in total. The maximum Gasteiger partial charge on any atom is 0.336 e. The lowest BCUT2D eigenvalue weighted by Gasteiger charge is -2.26. The van der Waals surface area contributed by atoms with Gasteiger partial charge >= 0.3 is 5.97 Å². The number of anilines is 1. The van der Waals surface area contributed by atoms with Gasteiger partial charge in [-0.3, -0.25) is 0 Å². The second-order valence-corrected chi connectivity index (χ2v) is 8.20. The molecule has 0 spiro atoms. The van der Waals surface area contributed by atoms with Gasteiger partial charge in [0.05, 0.1) is 5.56 Å². The molecule has 0 bridgehead atoms. The van der Waals surface area contributed by atoms with Crippen LogP contribution in [-0.2, 0) is 0 Å². The summed E-state index contributed by atoms with van der Waals surface area (Å²) >= 11 is 0. The van der Waals surface area contributed by atoms with Crippen LogP contribution in [0.2, 0.25) is 0 Å². The number of hydrogen-bond acceptors (Lipinski definition) is 3. The van der Waals surface area contributed by atoms with Crippen molar-refractivity contribution >= 4 is 22.8 Å². The van der Waals surface area contributed by atoms with E-state index in [1.54, 1.807) is 12.1 Å². The normalized spacial score (nSPS) is 11.9. The van der Waals surface area contributed by atoms with Gasteiger partial charge in [-0.25, -0.2) is 4.79 Å². The van der Waals surface area contributed by atoms with Gasteiger partial charge in [-0.2, -0.15) is 0 Å². The van der Waals surface area contributed by atoms with E-state index >= 15 is 0 Å². The van der Waals surface area contributed by atoms with E-state index in [0.717, 1.165) is 59.5 Å². The minimum Gasteiger partial charge on any atom is -0.478 e. The summed E-state index contributed by atoms with van der Waals surface area (Å²) < 4.78 is 6.48. The number of fused-ring (bicyclic) bond motifs is 2. The molecular weight excluding hydrogens is 410 g/mol. The molecule has 170 valence electrons. The molecule has 1 N–H and O–H groups in total. The molecule has 4 rings (SSSR count). The van der Waals surface area contributed by atoms with Gasteiger partial charge in [-0.05, 0) is 67.8 Å². The van der Waals surface area contributed by atoms with Crippen molar-refractivity contribution in [1.29, 1.82) is 0 Å². The molecule has 0 saturated heterocycles. The maximum atomic E-state index is 12.1. The molecule has 0 radical (unpaired) electrons. The Kier molecular flexibility index (Phi) is 6.55. The number of hydrogen-bond donors (Lipinski definition) is 1. The van der Waals surface area contributed by atoms with Crippen LogP contribution >= 0.6 is 0 Å². The first-order valence-corrected chi connectivity index (χ1v) is 11.8. The molecule has 33 heavy (non-hydrogen) atoms. The minimum absolute atomic E-state index is 0.289. The van der Waals surface area contributed by atoms with Crippen molar-refractivity contribution in [2.75, 3.05) is 18.0 Å². The first-order chi connectivity index (χ1) is 16.0. The minimum atomic E-state index is -0.934. The molecule has 0 aliphatic carbocycles. The van der Waals surface area contributed by atoms with Crippen LogP contribution in [0.4, 0.5) is 5.69 Å². The van der Waals surface area contributed by atoms with Gasteiger partial charge in [0.15, 0.2) is 0 Å². The zero-order valence-electron chi connectivity index (χ0n) is 19.8. The standard InChI is InChI=1S/C29H31NO3/c1-5-19(6-2)20-13-15-24-26(17-20)33-27-18-21(30(7-3)8-4)14-16-25(27)28(24)22-11-9-10-12-23(22)29(31)32/h9-18H,5-8H2,1-4H3,(H,31,32). The molecule has 1 aliphatic heterocycles. The first-order valence-electron chi connectivity index (χ1n) is 11.8. The first kappa shape index (κ1) is 22.7. The summed E-state index contributed by atoms with van der Waals surface area (Å²) in [5.74, 6) is 0.594. The van der Waals surface area contributed by atoms with E-state index in [1.807, 2.05) is 12.1 Å². The van der Waals surface area contributed by atoms with Crippen LogP contribution in [0.25, 0.3) is 11.1 Å². The molecule has 1 heterocycles. The summed E-state index contributed by atoms with van der Waals surface area (Å²) in [7, 11) is 0. The molecule has 0 aromatic heterocycles. The van der Waals surface area contributed by atoms with Gasteiger partial charge in [-0.15, -0.1) is 0 Å². The van der Waals surface area contributed by atoms with E-state index in [1.165, 1.54) is 10.8 Å². The second kappa shape index (κ2) is 9.53. The van der Waals surface area contributed by atoms with E-state index in [-0.39, 0.29) is 5.56 Å². The fourth-order valence-electron chi connectivity index (χ4n) is 4.72. The largest absolute Gasteiger partial charge is 0.478 e. The van der Waals surface area contributed by atoms with Crippen LogP contribution in [-0.4, -0.2) is 24.2 Å². The van der Waals surface area contributed by atoms with E-state index in [0.29, 0.717) is 5.56 Å². The Balaban J connectivity index is 2.07. The fourth-order valence-corrected chi connectivity index (χ4v) is 4.72. The molecular formula is C29H31NO3. The third kappa shape index (κ3) is 4.13. The van der Waals surface area contributed by atoms with Gasteiger partial charge in [0.2, 0.25) is 0 Å². The smallest absolute Gasteiger partial charge is 0.336 e. The maximum absolute atomic E-state index is 12.1. The van der Waals surface area contributed by atoms with Gasteiger partial charge in [-0.1, -0.05) is 43.7 Å². The highest BCUT2D eigenvalue weighted by Gasteiger charge is 2.24. The summed E-state index contributed by atoms with van der Waals surface area (Å²) in [4.78, 5) is 14.4. The van der Waals surface area contributed by atoms with Crippen molar-refractivity contribution in [1.82, 2.24) is 0 Å². The van der Waals surface area contributed by atoms with Gasteiger partial charge in [0.1, 0.15) is 11.5 Å². The lowest BCUT2D eigenvalue weighted by atomic mass is 9.89. The number of benzene rings is 3. The number of nitrogens with zero attached hydrogens (tertiary/aromatic N) is 1. The van der Waals surface area contributed by atoms with Crippen LogP contribution in [0.1, 0.15) is 62.0 Å². The molecule has 3 aromatic rings. The SMILES string of the molecule is CCC(CC)=c1ccc2c(c1)Oc1cc(N(CC)CC)ccc1C=2c1ccccc1C(=O)O. The average Bonchev–Trinajstić information content (AvgIpc) is 2.84. The van der Waals surface area contributed by atoms with Crippen molar-refractivity contribution < 1.29 is 14.6 Å². The predicted molar refractivity (Wildman–Crippen MR) is 135 cm³/mol. The summed E-state index contributed by atoms with van der Waals surface area (Å²) in [5, 5.41) is 12.0. The Morgan fingerprint density at radius 2 is 1.58 bits per heavy atom. The fraction of sp³-hybridized carbons (Fsp3) is 0.276. The van der Waals surface area contributed by atoms with E-state index < -0.39 is 5.97 Å². The van der Waals surface area contributed by atoms with Crippen molar-refractivity contribution in [3.8, 4) is 11.5 Å². The van der Waals surface area contributed by atoms with E-state index in [9.17, 15) is 9.90 Å². The predicted octanol–water partition coefficient (Wildman–Crippen LogP) is 5.55. The summed E-state index contributed by atoms with van der Waals surface area (Å²) in [5.41, 5.74) is 5.27. The number of ether oxygens (including phenoxy) is 1. The molecule has 1 aliphatic rings. The number of aromatic carboxylic acids is 1. The molecule has 0 unspecified atom stereocenters. The van der Waals surface area contributed by atoms with E-state index in [2.05, 4.69) is 69.0 Å². The second-order valence-electron chi connectivity index (χ2n) is 8.20. The lowest BCUT2D eigenvalue weighted by molar-refractivity contribution is 0.0696. The Hall–Kier alpha value is -3.53. The molecule has 0 fully saturated rings. The highest BCUT2D eigenvalue weighted by atomic mass is 16.5. The summed E-state index contributed by atoms with van der Waals surface area (Å²) in [6.45, 7) is 10.4. The molecule has 4 heteroatoms. The average molecular weight is 442 g/mol. The van der Waals surface area contributed by atoms with Crippen molar-refractivity contribution in [3.05, 3.63) is 87.8 Å². The highest BCUT2D eigenvalue weighted by Crippen LogP contribution is 2.39. The quantitative estimate of drug-likeness (QED) is 0.408. The zero-order valence-corrected chi connectivity index (χ0v) is 19.8. The van der Waals surface area contributed by atoms with Crippen LogP contribution in [0.3, 0.4) is 0 Å². The zero-order chi connectivity index (χ0) is 23.5. The number of carboxylic acids is 1. The Labute approximate surface area is 195 Å². The van der Waals surface area contributed by atoms with Crippen LogP contribution in [0.15, 0.2) is 60.7 Å². The van der Waals surface area contributed by atoms with Crippen molar-refractivity contribution in [2.45, 2.75) is 40.5 Å². The van der Waals surface area contributed by atoms with Gasteiger partial charge in [0, 0.05) is 41.2 Å². The van der Waals surface area contributed by atoms with Crippen molar-refractivity contribution in [2.24, 2.45) is 0 Å². The van der Waals surface area contributed by atoms with E-state index in [4.69, 9.17) is 4.74 Å². The highest BCUT2D eigenvalue weighted by molar-refractivity contribution is 5.98. The lowest BCUT2D eigenvalue weighted by Crippen LogP contribution is -2.24. The monoisotopic (exact) mass is 441 g/mol.